The summed E-state index contributed by atoms with van der Waals surface area (Å²) in [6, 6.07) is 10.2. The molecule has 0 unspecified atom stereocenters. The molecule has 7 heteroatoms. The number of hydrogen-bond donors (Lipinski definition) is 2. The van der Waals surface area contributed by atoms with Crippen molar-refractivity contribution >= 4 is 52.2 Å². The largest absolute Gasteiger partial charge is 0.461 e. The molecule has 5 nitrogen and oxygen atoms in total. The van der Waals surface area contributed by atoms with Crippen molar-refractivity contribution in [2.45, 2.75) is 26.7 Å². The maximum absolute atomic E-state index is 5.83. The molecule has 0 amide bonds. The molecule has 1 aromatic carbocycles. The van der Waals surface area contributed by atoms with Crippen molar-refractivity contribution in [3.8, 4) is 0 Å². The van der Waals surface area contributed by atoms with Gasteiger partial charge in [0.25, 0.3) is 0 Å². The molecule has 140 valence electrons. The van der Waals surface area contributed by atoms with Gasteiger partial charge in [0.2, 0.25) is 0 Å². The van der Waals surface area contributed by atoms with Gasteiger partial charge >= 0.3 is 0 Å². The fourth-order valence-electron chi connectivity index (χ4n) is 2.61. The SMILES string of the molecule is CCNC(=NCCc1cc2ccccc2o1)NCCc1csc(C)n1.I. The van der Waals surface area contributed by atoms with Gasteiger partial charge in [-0.25, -0.2) is 4.98 Å². The number of para-hydroxylation sites is 1. The van der Waals surface area contributed by atoms with Crippen molar-refractivity contribution < 1.29 is 4.42 Å². The van der Waals surface area contributed by atoms with Crippen molar-refractivity contribution in [1.82, 2.24) is 15.6 Å². The average Bonchev–Trinajstić information content (AvgIpc) is 3.20. The average molecular weight is 484 g/mol. The smallest absolute Gasteiger partial charge is 0.191 e. The van der Waals surface area contributed by atoms with E-state index in [1.54, 1.807) is 11.3 Å². The highest BCUT2D eigenvalue weighted by Crippen LogP contribution is 2.18. The zero-order valence-electron chi connectivity index (χ0n) is 15.1. The second-order valence-corrected chi connectivity index (χ2v) is 6.86. The summed E-state index contributed by atoms with van der Waals surface area (Å²) < 4.78 is 5.83. The molecule has 0 spiro atoms. The Morgan fingerprint density at radius 2 is 2.08 bits per heavy atom. The van der Waals surface area contributed by atoms with Crippen LogP contribution in [0.15, 0.2) is 45.1 Å². The van der Waals surface area contributed by atoms with E-state index in [-0.39, 0.29) is 24.0 Å². The maximum Gasteiger partial charge on any atom is 0.191 e. The zero-order valence-corrected chi connectivity index (χ0v) is 18.3. The van der Waals surface area contributed by atoms with Crippen LogP contribution in [0.5, 0.6) is 0 Å². The summed E-state index contributed by atoms with van der Waals surface area (Å²) in [5.41, 5.74) is 2.07. The van der Waals surface area contributed by atoms with Crippen molar-refractivity contribution in [1.29, 1.82) is 0 Å². The van der Waals surface area contributed by atoms with E-state index in [0.29, 0.717) is 6.54 Å². The lowest BCUT2D eigenvalue weighted by Crippen LogP contribution is -2.38. The third-order valence-corrected chi connectivity index (χ3v) is 4.61. The summed E-state index contributed by atoms with van der Waals surface area (Å²) in [4.78, 5) is 9.11. The first kappa shape index (κ1) is 20.7. The van der Waals surface area contributed by atoms with Crippen LogP contribution in [0.2, 0.25) is 0 Å². The van der Waals surface area contributed by atoms with Crippen molar-refractivity contribution in [2.75, 3.05) is 19.6 Å². The number of nitrogens with zero attached hydrogens (tertiary/aromatic N) is 2. The van der Waals surface area contributed by atoms with Gasteiger partial charge in [0.1, 0.15) is 11.3 Å². The van der Waals surface area contributed by atoms with Crippen LogP contribution >= 0.6 is 35.3 Å². The molecule has 0 aliphatic rings. The molecule has 0 aliphatic heterocycles. The number of rotatable bonds is 7. The Bertz CT molecular complexity index is 810. The fraction of sp³-hybridized carbons (Fsp3) is 0.368. The van der Waals surface area contributed by atoms with Gasteiger partial charge in [0.05, 0.1) is 10.7 Å². The third kappa shape index (κ3) is 5.98. The number of nitrogens with one attached hydrogen (secondary N) is 2. The number of aliphatic imine (C=N–C) groups is 1. The van der Waals surface area contributed by atoms with Gasteiger partial charge in [0, 0.05) is 43.2 Å². The number of furan rings is 1. The second-order valence-electron chi connectivity index (χ2n) is 5.80. The monoisotopic (exact) mass is 484 g/mol. The Balaban J connectivity index is 0.00000243. The molecule has 2 aromatic heterocycles. The van der Waals surface area contributed by atoms with E-state index in [1.165, 1.54) is 0 Å². The number of thiazole rings is 1. The summed E-state index contributed by atoms with van der Waals surface area (Å²) in [6.45, 7) is 6.45. The number of hydrogen-bond acceptors (Lipinski definition) is 4. The lowest BCUT2D eigenvalue weighted by molar-refractivity contribution is 0.550. The molecule has 3 aromatic rings. The molecule has 0 bridgehead atoms. The van der Waals surface area contributed by atoms with Crippen LogP contribution in [-0.4, -0.2) is 30.6 Å². The first-order valence-electron chi connectivity index (χ1n) is 8.65. The lowest BCUT2D eigenvalue weighted by Gasteiger charge is -2.10. The van der Waals surface area contributed by atoms with Crippen LogP contribution in [-0.2, 0) is 12.8 Å². The van der Waals surface area contributed by atoms with Crippen LogP contribution in [0.1, 0.15) is 23.4 Å². The molecule has 0 saturated heterocycles. The minimum Gasteiger partial charge on any atom is -0.461 e. The van der Waals surface area contributed by atoms with Crippen molar-refractivity contribution in [2.24, 2.45) is 4.99 Å². The molecule has 0 saturated carbocycles. The van der Waals surface area contributed by atoms with E-state index in [2.05, 4.69) is 45.0 Å². The van der Waals surface area contributed by atoms with E-state index < -0.39 is 0 Å². The molecule has 0 atom stereocenters. The number of aromatic nitrogens is 1. The highest BCUT2D eigenvalue weighted by Gasteiger charge is 2.04. The quantitative estimate of drug-likeness (QED) is 0.301. The summed E-state index contributed by atoms with van der Waals surface area (Å²) in [5.74, 6) is 1.81. The minimum absolute atomic E-state index is 0. The first-order valence-corrected chi connectivity index (χ1v) is 9.53. The lowest BCUT2D eigenvalue weighted by atomic mass is 10.2. The van der Waals surface area contributed by atoms with Gasteiger partial charge in [-0.05, 0) is 26.0 Å². The van der Waals surface area contributed by atoms with E-state index in [4.69, 9.17) is 4.42 Å². The normalized spacial score (nSPS) is 11.4. The fourth-order valence-corrected chi connectivity index (χ4v) is 3.26. The van der Waals surface area contributed by atoms with E-state index in [9.17, 15) is 0 Å². The van der Waals surface area contributed by atoms with Crippen molar-refractivity contribution in [3.63, 3.8) is 0 Å². The summed E-state index contributed by atoms with van der Waals surface area (Å²) in [7, 11) is 0. The Hall–Kier alpha value is -1.61. The highest BCUT2D eigenvalue weighted by molar-refractivity contribution is 14.0. The highest BCUT2D eigenvalue weighted by atomic mass is 127. The predicted molar refractivity (Wildman–Crippen MR) is 120 cm³/mol. The van der Waals surface area contributed by atoms with Crippen LogP contribution < -0.4 is 10.6 Å². The maximum atomic E-state index is 5.83. The summed E-state index contributed by atoms with van der Waals surface area (Å²) in [6.07, 6.45) is 1.69. The van der Waals surface area contributed by atoms with Gasteiger partial charge in [0.15, 0.2) is 5.96 Å². The molecule has 26 heavy (non-hydrogen) atoms. The Morgan fingerprint density at radius 3 is 2.81 bits per heavy atom. The van der Waals surface area contributed by atoms with Gasteiger partial charge in [-0.15, -0.1) is 35.3 Å². The zero-order chi connectivity index (χ0) is 17.5. The number of benzene rings is 1. The summed E-state index contributed by atoms with van der Waals surface area (Å²) in [5, 5.41) is 11.0. The van der Waals surface area contributed by atoms with Crippen LogP contribution in [0.25, 0.3) is 11.0 Å². The summed E-state index contributed by atoms with van der Waals surface area (Å²) >= 11 is 1.69. The van der Waals surface area contributed by atoms with Gasteiger partial charge in [-0.3, -0.25) is 4.99 Å². The van der Waals surface area contributed by atoms with E-state index in [0.717, 1.165) is 59.3 Å². The second kappa shape index (κ2) is 10.5. The molecule has 2 heterocycles. The van der Waals surface area contributed by atoms with E-state index >= 15 is 0 Å². The van der Waals surface area contributed by atoms with Gasteiger partial charge < -0.3 is 15.1 Å². The third-order valence-electron chi connectivity index (χ3n) is 3.79. The topological polar surface area (TPSA) is 62.5 Å². The van der Waals surface area contributed by atoms with Crippen molar-refractivity contribution in [3.05, 3.63) is 52.2 Å². The molecular weight excluding hydrogens is 459 g/mol. The predicted octanol–water partition coefficient (Wildman–Crippen LogP) is 4.16. The number of halogens is 1. The van der Waals surface area contributed by atoms with Gasteiger partial charge in [-0.2, -0.15) is 0 Å². The molecule has 3 rings (SSSR count). The van der Waals surface area contributed by atoms with Crippen LogP contribution in [0.4, 0.5) is 0 Å². The number of guanidine groups is 1. The standard InChI is InChI=1S/C19H24N4OS.HI/c1-3-20-19(21-10-8-16-13-25-14(2)23-16)22-11-9-17-12-15-6-4-5-7-18(15)24-17;/h4-7,12-13H,3,8-11H2,1-2H3,(H2,20,21,22);1H. The number of fused-ring (bicyclic) bond motifs is 1. The van der Waals surface area contributed by atoms with Crippen LogP contribution in [0, 0.1) is 6.92 Å². The van der Waals surface area contributed by atoms with Crippen LogP contribution in [0.3, 0.4) is 0 Å². The molecule has 0 aliphatic carbocycles. The van der Waals surface area contributed by atoms with Gasteiger partial charge in [-0.1, -0.05) is 18.2 Å². The Kier molecular flexibility index (Phi) is 8.37. The molecule has 0 fully saturated rings. The Morgan fingerprint density at radius 1 is 1.23 bits per heavy atom. The van der Waals surface area contributed by atoms with E-state index in [1.807, 2.05) is 25.1 Å². The molecule has 2 N–H and O–H groups in total. The minimum atomic E-state index is 0. The first-order chi connectivity index (χ1) is 12.2. The number of aryl methyl sites for hydroxylation is 1. The molecule has 0 radical (unpaired) electrons. The Labute approximate surface area is 175 Å². The molecular formula is C19H25IN4OS.